The average Bonchev–Trinajstić information content (AvgIpc) is 2.64. The topological polar surface area (TPSA) is 53.4 Å². The van der Waals surface area contributed by atoms with Crippen molar-refractivity contribution in [3.8, 4) is 0 Å². The van der Waals surface area contributed by atoms with Crippen molar-refractivity contribution >= 4 is 17.3 Å². The third kappa shape index (κ3) is 5.01. The Morgan fingerprint density at radius 2 is 2.22 bits per heavy atom. The zero-order valence-electron chi connectivity index (χ0n) is 9.70. The molecule has 0 radical (unpaired) electrons. The van der Waals surface area contributed by atoms with Gasteiger partial charge in [-0.1, -0.05) is 0 Å². The van der Waals surface area contributed by atoms with Gasteiger partial charge in [0.1, 0.15) is 5.01 Å². The van der Waals surface area contributed by atoms with Gasteiger partial charge >= 0.3 is 12.1 Å². The van der Waals surface area contributed by atoms with Crippen LogP contribution < -0.4 is 0 Å². The van der Waals surface area contributed by atoms with E-state index in [0.29, 0.717) is 24.5 Å². The van der Waals surface area contributed by atoms with E-state index in [1.165, 1.54) is 0 Å². The van der Waals surface area contributed by atoms with E-state index in [1.807, 2.05) is 0 Å². The summed E-state index contributed by atoms with van der Waals surface area (Å²) in [6.45, 7) is 0.799. The van der Waals surface area contributed by atoms with Gasteiger partial charge in [-0.25, -0.2) is 4.98 Å². The minimum atomic E-state index is -4.41. The summed E-state index contributed by atoms with van der Waals surface area (Å²) in [4.78, 5) is 15.6. The fourth-order valence-corrected chi connectivity index (χ4v) is 2.20. The number of carboxylic acids is 1. The van der Waals surface area contributed by atoms with Crippen molar-refractivity contribution in [1.82, 2.24) is 9.88 Å². The second-order valence-corrected chi connectivity index (χ2v) is 4.80. The molecule has 0 aliphatic heterocycles. The number of hydrogen-bond acceptors (Lipinski definition) is 4. The predicted molar refractivity (Wildman–Crippen MR) is 60.3 cm³/mol. The summed E-state index contributed by atoms with van der Waals surface area (Å²) in [5.41, 5.74) is -0.874. The van der Waals surface area contributed by atoms with Crippen molar-refractivity contribution in [1.29, 1.82) is 0 Å². The van der Waals surface area contributed by atoms with E-state index in [9.17, 15) is 18.0 Å². The van der Waals surface area contributed by atoms with Gasteiger partial charge < -0.3 is 5.11 Å². The fourth-order valence-electron chi connectivity index (χ4n) is 1.32. The first kappa shape index (κ1) is 14.9. The van der Waals surface area contributed by atoms with Crippen molar-refractivity contribution < 1.29 is 23.1 Å². The summed E-state index contributed by atoms with van der Waals surface area (Å²) < 4.78 is 36.9. The molecule has 1 rings (SSSR count). The van der Waals surface area contributed by atoms with Gasteiger partial charge in [-0.15, -0.1) is 11.3 Å². The van der Waals surface area contributed by atoms with E-state index in [2.05, 4.69) is 4.98 Å². The first-order chi connectivity index (χ1) is 8.29. The number of nitrogens with zero attached hydrogens (tertiary/aromatic N) is 2. The van der Waals surface area contributed by atoms with Crippen LogP contribution in [-0.2, 0) is 17.5 Å². The molecule has 0 aromatic carbocycles. The zero-order valence-corrected chi connectivity index (χ0v) is 10.5. The maximum Gasteiger partial charge on any atom is 0.434 e. The van der Waals surface area contributed by atoms with Gasteiger partial charge in [0.15, 0.2) is 5.69 Å². The van der Waals surface area contributed by atoms with Crippen molar-refractivity contribution in [2.75, 3.05) is 13.6 Å². The molecule has 8 heteroatoms. The molecule has 0 bridgehead atoms. The number of rotatable bonds is 6. The molecule has 1 aromatic rings. The number of thiazole rings is 1. The third-order valence-electron chi connectivity index (χ3n) is 2.18. The van der Waals surface area contributed by atoms with Crippen molar-refractivity contribution in [2.24, 2.45) is 0 Å². The molecular weight excluding hydrogens is 269 g/mol. The summed E-state index contributed by atoms with van der Waals surface area (Å²) in [5.74, 6) is -0.878. The number of aromatic nitrogens is 1. The standard InChI is InChI=1S/C10H13F3N2O2S/c1-15(4-2-3-9(16)17)5-8-14-7(6-18-8)10(11,12)13/h6H,2-5H2,1H3,(H,16,17). The number of carboxylic acid groups (broad SMARTS) is 1. The molecule has 1 heterocycles. The van der Waals surface area contributed by atoms with Crippen LogP contribution in [0.4, 0.5) is 13.2 Å². The summed E-state index contributed by atoms with van der Waals surface area (Å²) in [6, 6.07) is 0. The van der Waals surface area contributed by atoms with Gasteiger partial charge in [0.25, 0.3) is 0 Å². The molecule has 0 amide bonds. The Morgan fingerprint density at radius 1 is 1.56 bits per heavy atom. The monoisotopic (exact) mass is 282 g/mol. The number of alkyl halides is 3. The lowest BCUT2D eigenvalue weighted by molar-refractivity contribution is -0.141. The molecule has 0 unspecified atom stereocenters. The summed E-state index contributed by atoms with van der Waals surface area (Å²) in [6.07, 6.45) is -3.89. The first-order valence-electron chi connectivity index (χ1n) is 5.21. The van der Waals surface area contributed by atoms with E-state index in [-0.39, 0.29) is 6.42 Å². The van der Waals surface area contributed by atoms with E-state index in [1.54, 1.807) is 11.9 Å². The normalized spacial score (nSPS) is 12.1. The molecule has 0 atom stereocenters. The Hall–Kier alpha value is -1.15. The molecule has 0 saturated carbocycles. The summed E-state index contributed by atoms with van der Waals surface area (Å²) in [5, 5.41) is 9.82. The highest BCUT2D eigenvalue weighted by molar-refractivity contribution is 7.09. The van der Waals surface area contributed by atoms with Crippen LogP contribution in [0.25, 0.3) is 0 Å². The van der Waals surface area contributed by atoms with Crippen LogP contribution in [0.15, 0.2) is 5.38 Å². The number of halogens is 3. The third-order valence-corrected chi connectivity index (χ3v) is 3.01. The van der Waals surface area contributed by atoms with Crippen LogP contribution in [0.2, 0.25) is 0 Å². The highest BCUT2D eigenvalue weighted by Crippen LogP contribution is 2.30. The predicted octanol–water partition coefficient (Wildman–Crippen LogP) is 2.46. The average molecular weight is 282 g/mol. The smallest absolute Gasteiger partial charge is 0.434 e. The lowest BCUT2D eigenvalue weighted by Gasteiger charge is -2.13. The van der Waals surface area contributed by atoms with Crippen molar-refractivity contribution in [3.63, 3.8) is 0 Å². The molecule has 0 fully saturated rings. The van der Waals surface area contributed by atoms with Gasteiger partial charge in [0.05, 0.1) is 6.54 Å². The van der Waals surface area contributed by atoms with Crippen LogP contribution in [0, 0.1) is 0 Å². The van der Waals surface area contributed by atoms with Crippen LogP contribution in [0.3, 0.4) is 0 Å². The first-order valence-corrected chi connectivity index (χ1v) is 6.09. The van der Waals surface area contributed by atoms with Crippen molar-refractivity contribution in [2.45, 2.75) is 25.6 Å². The molecule has 102 valence electrons. The summed E-state index contributed by atoms with van der Waals surface area (Å²) >= 11 is 0.955. The molecule has 0 saturated heterocycles. The lowest BCUT2D eigenvalue weighted by Crippen LogP contribution is -2.20. The molecule has 1 N–H and O–H groups in total. The fraction of sp³-hybridized carbons (Fsp3) is 0.600. The number of carbonyl (C=O) groups is 1. The Labute approximate surface area is 106 Å². The molecule has 0 spiro atoms. The van der Waals surface area contributed by atoms with E-state index >= 15 is 0 Å². The second-order valence-electron chi connectivity index (χ2n) is 3.86. The SMILES string of the molecule is CN(CCCC(=O)O)Cc1nc(C(F)(F)F)cs1. The number of hydrogen-bond donors (Lipinski definition) is 1. The van der Waals surface area contributed by atoms with Crippen LogP contribution in [0.1, 0.15) is 23.5 Å². The quantitative estimate of drug-likeness (QED) is 0.870. The minimum Gasteiger partial charge on any atom is -0.481 e. The Balaban J connectivity index is 2.42. The highest BCUT2D eigenvalue weighted by Gasteiger charge is 2.33. The van der Waals surface area contributed by atoms with Gasteiger partial charge in [-0.05, 0) is 20.0 Å². The van der Waals surface area contributed by atoms with Gasteiger partial charge in [0, 0.05) is 11.8 Å². The largest absolute Gasteiger partial charge is 0.481 e. The molecule has 0 aliphatic carbocycles. The Kier molecular flexibility index (Phi) is 5.09. The minimum absolute atomic E-state index is 0.0516. The maximum atomic E-state index is 12.3. The molecule has 18 heavy (non-hydrogen) atoms. The van der Waals surface area contributed by atoms with Crippen LogP contribution in [0.5, 0.6) is 0 Å². The molecule has 0 aliphatic rings. The lowest BCUT2D eigenvalue weighted by atomic mass is 10.3. The highest BCUT2D eigenvalue weighted by atomic mass is 32.1. The zero-order chi connectivity index (χ0) is 13.8. The molecule has 1 aromatic heterocycles. The molecule has 4 nitrogen and oxygen atoms in total. The Morgan fingerprint density at radius 3 is 2.72 bits per heavy atom. The van der Waals surface area contributed by atoms with Gasteiger partial charge in [-0.2, -0.15) is 13.2 Å². The van der Waals surface area contributed by atoms with E-state index < -0.39 is 17.8 Å². The second kappa shape index (κ2) is 6.14. The van der Waals surface area contributed by atoms with Crippen molar-refractivity contribution in [3.05, 3.63) is 16.1 Å². The number of aliphatic carboxylic acids is 1. The van der Waals surface area contributed by atoms with E-state index in [4.69, 9.17) is 5.11 Å². The summed E-state index contributed by atoms with van der Waals surface area (Å²) in [7, 11) is 1.72. The Bertz CT molecular complexity index is 406. The van der Waals surface area contributed by atoms with Gasteiger partial charge in [-0.3, -0.25) is 9.69 Å². The van der Waals surface area contributed by atoms with Gasteiger partial charge in [0.2, 0.25) is 0 Å². The van der Waals surface area contributed by atoms with Crippen LogP contribution >= 0.6 is 11.3 Å². The maximum absolute atomic E-state index is 12.3. The van der Waals surface area contributed by atoms with Crippen LogP contribution in [-0.4, -0.2) is 34.6 Å². The molecular formula is C10H13F3N2O2S. The van der Waals surface area contributed by atoms with E-state index in [0.717, 1.165) is 16.7 Å².